The topological polar surface area (TPSA) is 105 Å². The molecule has 0 aliphatic heterocycles. The molecule has 0 saturated heterocycles. The van der Waals surface area contributed by atoms with Gasteiger partial charge in [-0.25, -0.2) is 4.39 Å². The standard InChI is InChI=1S/C15H21FN4O3.ClH/c1-10(2)20(15(23)8-18-13(21)7-17)9-14(22)19-12-5-3-11(16)4-6-12;/h3-6,10H,7-9,17H2,1-2H3,(H,18,21)(H,19,22);1H. The van der Waals surface area contributed by atoms with E-state index in [-0.39, 0.29) is 38.1 Å². The molecule has 0 spiro atoms. The third kappa shape index (κ3) is 7.38. The highest BCUT2D eigenvalue weighted by Crippen LogP contribution is 2.08. The van der Waals surface area contributed by atoms with E-state index in [1.807, 2.05) is 0 Å². The lowest BCUT2D eigenvalue weighted by molar-refractivity contribution is -0.136. The molecule has 0 radical (unpaired) electrons. The third-order valence-corrected chi connectivity index (χ3v) is 3.01. The van der Waals surface area contributed by atoms with Crippen LogP contribution in [0.4, 0.5) is 10.1 Å². The molecule has 1 aromatic rings. The van der Waals surface area contributed by atoms with E-state index in [1.165, 1.54) is 29.2 Å². The minimum Gasteiger partial charge on any atom is -0.346 e. The van der Waals surface area contributed by atoms with Crippen LogP contribution in [0.25, 0.3) is 0 Å². The van der Waals surface area contributed by atoms with Crippen LogP contribution in [0, 0.1) is 5.82 Å². The van der Waals surface area contributed by atoms with Gasteiger partial charge < -0.3 is 21.3 Å². The first-order valence-corrected chi connectivity index (χ1v) is 7.15. The zero-order valence-corrected chi connectivity index (χ0v) is 14.4. The van der Waals surface area contributed by atoms with E-state index in [0.717, 1.165) is 0 Å². The van der Waals surface area contributed by atoms with Crippen LogP contribution in [0.15, 0.2) is 24.3 Å². The maximum Gasteiger partial charge on any atom is 0.244 e. The molecule has 0 saturated carbocycles. The predicted octanol–water partition coefficient (Wildman–Crippen LogP) is 0.498. The van der Waals surface area contributed by atoms with Crippen molar-refractivity contribution in [1.29, 1.82) is 0 Å². The van der Waals surface area contributed by atoms with Crippen LogP contribution in [0.5, 0.6) is 0 Å². The average molecular weight is 361 g/mol. The highest BCUT2D eigenvalue weighted by atomic mass is 35.5. The molecule has 9 heteroatoms. The van der Waals surface area contributed by atoms with Crippen LogP contribution in [0.2, 0.25) is 0 Å². The second-order valence-electron chi connectivity index (χ2n) is 5.15. The van der Waals surface area contributed by atoms with Crippen LogP contribution < -0.4 is 16.4 Å². The molecule has 0 atom stereocenters. The molecule has 1 rings (SSSR count). The van der Waals surface area contributed by atoms with E-state index in [9.17, 15) is 18.8 Å². The largest absolute Gasteiger partial charge is 0.346 e. The summed E-state index contributed by atoms with van der Waals surface area (Å²) in [5, 5.41) is 4.95. The summed E-state index contributed by atoms with van der Waals surface area (Å²) in [7, 11) is 0. The first-order chi connectivity index (χ1) is 10.8. The van der Waals surface area contributed by atoms with Gasteiger partial charge in [-0.05, 0) is 38.1 Å². The zero-order chi connectivity index (χ0) is 17.4. The number of halogens is 2. The summed E-state index contributed by atoms with van der Waals surface area (Å²) in [5.41, 5.74) is 5.58. The maximum absolute atomic E-state index is 12.8. The maximum atomic E-state index is 12.8. The molecule has 1 aromatic carbocycles. The van der Waals surface area contributed by atoms with Crippen molar-refractivity contribution in [1.82, 2.24) is 10.2 Å². The van der Waals surface area contributed by atoms with Gasteiger partial charge in [-0.15, -0.1) is 12.4 Å². The molecule has 0 heterocycles. The number of carbonyl (C=O) groups excluding carboxylic acids is 3. The van der Waals surface area contributed by atoms with E-state index in [4.69, 9.17) is 5.73 Å². The normalized spacial score (nSPS) is 9.88. The minimum absolute atomic E-state index is 0. The number of nitrogens with zero attached hydrogens (tertiary/aromatic N) is 1. The Hall–Kier alpha value is -2.19. The molecule has 0 bridgehead atoms. The number of hydrogen-bond donors (Lipinski definition) is 3. The molecule has 7 nitrogen and oxygen atoms in total. The van der Waals surface area contributed by atoms with Crippen molar-refractivity contribution < 1.29 is 18.8 Å². The molecule has 24 heavy (non-hydrogen) atoms. The Morgan fingerprint density at radius 3 is 2.25 bits per heavy atom. The number of hydrogen-bond acceptors (Lipinski definition) is 4. The van der Waals surface area contributed by atoms with E-state index in [0.29, 0.717) is 5.69 Å². The number of rotatable bonds is 7. The molecule has 134 valence electrons. The van der Waals surface area contributed by atoms with Crippen molar-refractivity contribution in [3.05, 3.63) is 30.1 Å². The van der Waals surface area contributed by atoms with Gasteiger partial charge in [-0.3, -0.25) is 14.4 Å². The quantitative estimate of drug-likeness (QED) is 0.658. The van der Waals surface area contributed by atoms with Gasteiger partial charge in [0.15, 0.2) is 0 Å². The number of nitrogens with two attached hydrogens (primary N) is 1. The van der Waals surface area contributed by atoms with E-state index < -0.39 is 23.5 Å². The minimum atomic E-state index is -0.446. The second-order valence-corrected chi connectivity index (χ2v) is 5.15. The fourth-order valence-corrected chi connectivity index (χ4v) is 1.80. The number of amides is 3. The number of anilines is 1. The van der Waals surface area contributed by atoms with Crippen molar-refractivity contribution in [3.63, 3.8) is 0 Å². The molecule has 0 aliphatic carbocycles. The molecule has 0 aromatic heterocycles. The fraction of sp³-hybridized carbons (Fsp3) is 0.400. The summed E-state index contributed by atoms with van der Waals surface area (Å²) in [6.07, 6.45) is 0. The lowest BCUT2D eigenvalue weighted by atomic mass is 10.2. The Labute approximate surface area is 146 Å². The van der Waals surface area contributed by atoms with E-state index in [2.05, 4.69) is 10.6 Å². The Bertz CT molecular complexity index is 566. The number of nitrogens with one attached hydrogen (secondary N) is 2. The Balaban J connectivity index is 0.00000529. The van der Waals surface area contributed by atoms with Gasteiger partial charge in [-0.1, -0.05) is 0 Å². The van der Waals surface area contributed by atoms with Gasteiger partial charge in [-0.2, -0.15) is 0 Å². The Morgan fingerprint density at radius 1 is 1.17 bits per heavy atom. The van der Waals surface area contributed by atoms with Gasteiger partial charge in [0, 0.05) is 11.7 Å². The summed E-state index contributed by atoms with van der Waals surface area (Å²) in [5.74, 6) is -1.66. The molecule has 0 unspecified atom stereocenters. The van der Waals surface area contributed by atoms with Gasteiger partial charge in [0.05, 0.1) is 13.1 Å². The number of benzene rings is 1. The van der Waals surface area contributed by atoms with Crippen LogP contribution in [-0.2, 0) is 14.4 Å². The first kappa shape index (κ1) is 21.8. The number of carbonyl (C=O) groups is 3. The third-order valence-electron chi connectivity index (χ3n) is 3.01. The van der Waals surface area contributed by atoms with Gasteiger partial charge >= 0.3 is 0 Å². The van der Waals surface area contributed by atoms with Crippen molar-refractivity contribution >= 4 is 35.8 Å². The SMILES string of the molecule is CC(C)N(CC(=O)Nc1ccc(F)cc1)C(=O)CNC(=O)CN.Cl. The lowest BCUT2D eigenvalue weighted by Gasteiger charge is -2.26. The van der Waals surface area contributed by atoms with Crippen LogP contribution in [0.3, 0.4) is 0 Å². The smallest absolute Gasteiger partial charge is 0.244 e. The molecule has 0 aliphatic rings. The first-order valence-electron chi connectivity index (χ1n) is 7.15. The van der Waals surface area contributed by atoms with Crippen molar-refractivity contribution in [2.24, 2.45) is 5.73 Å². The summed E-state index contributed by atoms with van der Waals surface area (Å²) in [6, 6.07) is 5.08. The van der Waals surface area contributed by atoms with Gasteiger partial charge in [0.25, 0.3) is 0 Å². The second kappa shape index (κ2) is 10.6. The summed E-state index contributed by atoms with van der Waals surface area (Å²) >= 11 is 0. The van der Waals surface area contributed by atoms with Crippen LogP contribution >= 0.6 is 12.4 Å². The van der Waals surface area contributed by atoms with Crippen molar-refractivity contribution in [2.45, 2.75) is 19.9 Å². The predicted molar refractivity (Wildman–Crippen MR) is 91.2 cm³/mol. The van der Waals surface area contributed by atoms with E-state index in [1.54, 1.807) is 13.8 Å². The van der Waals surface area contributed by atoms with Crippen LogP contribution in [-0.4, -0.2) is 48.3 Å². The summed E-state index contributed by atoms with van der Waals surface area (Å²) in [6.45, 7) is 2.91. The molecule has 4 N–H and O–H groups in total. The highest BCUT2D eigenvalue weighted by Gasteiger charge is 2.20. The van der Waals surface area contributed by atoms with Crippen LogP contribution in [0.1, 0.15) is 13.8 Å². The van der Waals surface area contributed by atoms with Crippen molar-refractivity contribution in [3.8, 4) is 0 Å². The molecule has 3 amide bonds. The van der Waals surface area contributed by atoms with E-state index >= 15 is 0 Å². The Morgan fingerprint density at radius 2 is 1.75 bits per heavy atom. The zero-order valence-electron chi connectivity index (χ0n) is 13.5. The van der Waals surface area contributed by atoms with Crippen molar-refractivity contribution in [2.75, 3.05) is 25.0 Å². The molecule has 0 fully saturated rings. The highest BCUT2D eigenvalue weighted by molar-refractivity contribution is 5.95. The van der Waals surface area contributed by atoms with Gasteiger partial charge in [0.1, 0.15) is 12.4 Å². The molecular weight excluding hydrogens is 339 g/mol. The lowest BCUT2D eigenvalue weighted by Crippen LogP contribution is -2.47. The molecular formula is C15H22ClFN4O3. The average Bonchev–Trinajstić information content (AvgIpc) is 2.51. The Kier molecular flexibility index (Phi) is 9.60. The van der Waals surface area contributed by atoms with Gasteiger partial charge in [0.2, 0.25) is 17.7 Å². The summed E-state index contributed by atoms with van der Waals surface area (Å²) < 4.78 is 12.8. The monoisotopic (exact) mass is 360 g/mol. The fourth-order valence-electron chi connectivity index (χ4n) is 1.80. The summed E-state index contributed by atoms with van der Waals surface area (Å²) in [4.78, 5) is 36.5.